The topological polar surface area (TPSA) is 128 Å². The second-order valence-electron chi connectivity index (χ2n) is 9.73. The van der Waals surface area contributed by atoms with Crippen molar-refractivity contribution in [2.24, 2.45) is 17.4 Å². The van der Waals surface area contributed by atoms with E-state index in [1.165, 1.54) is 18.2 Å². The quantitative estimate of drug-likeness (QED) is 0.223. The Hall–Kier alpha value is -2.75. The number of carbonyl (C=O) groups excluding carboxylic acids is 3. The maximum atomic E-state index is 13.3. The number of nitrogens with two attached hydrogens (primary N) is 2. The normalized spacial score (nSPS) is 12.8. The zero-order valence-corrected chi connectivity index (χ0v) is 23.3. The molecule has 0 saturated heterocycles. The Labute approximate surface area is 224 Å². The number of hydrogen-bond acceptors (Lipinski definition) is 7. The zero-order chi connectivity index (χ0) is 27.4. The average Bonchev–Trinajstić information content (AvgIpc) is 3.37. The van der Waals surface area contributed by atoms with Crippen LogP contribution in [0.4, 0.5) is 0 Å². The third-order valence-corrected chi connectivity index (χ3v) is 6.87. The van der Waals surface area contributed by atoms with Gasteiger partial charge in [-0.3, -0.25) is 9.59 Å². The Morgan fingerprint density at radius 1 is 1.05 bits per heavy atom. The van der Waals surface area contributed by atoms with E-state index in [1.54, 1.807) is 16.2 Å². The molecule has 9 heteroatoms. The summed E-state index contributed by atoms with van der Waals surface area (Å²) < 4.78 is 5.88. The second kappa shape index (κ2) is 15.5. The lowest BCUT2D eigenvalue weighted by atomic mass is 10.0. The molecule has 0 radical (unpaired) electrons. The number of amides is 2. The molecule has 0 aliphatic rings. The number of ether oxygens (including phenoxy) is 1. The molecule has 5 N–H and O–H groups in total. The Bertz CT molecular complexity index is 1000. The predicted molar refractivity (Wildman–Crippen MR) is 149 cm³/mol. The van der Waals surface area contributed by atoms with E-state index in [4.69, 9.17) is 16.2 Å². The summed E-state index contributed by atoms with van der Waals surface area (Å²) in [7, 11) is 0. The summed E-state index contributed by atoms with van der Waals surface area (Å²) in [6.45, 7) is 10.6. The van der Waals surface area contributed by atoms with Gasteiger partial charge in [-0.25, -0.2) is 4.79 Å². The number of nitrogens with one attached hydrogen (secondary N) is 1. The molecule has 0 saturated carbocycles. The monoisotopic (exact) mass is 530 g/mol. The number of thiophene rings is 1. The predicted octanol–water partition coefficient (Wildman–Crippen LogP) is 3.84. The molecule has 37 heavy (non-hydrogen) atoms. The van der Waals surface area contributed by atoms with Gasteiger partial charge in [-0.15, -0.1) is 11.3 Å². The lowest BCUT2D eigenvalue weighted by molar-refractivity contribution is 0.0239. The van der Waals surface area contributed by atoms with Gasteiger partial charge in [-0.1, -0.05) is 33.8 Å². The molecule has 0 spiro atoms. The van der Waals surface area contributed by atoms with E-state index >= 15 is 0 Å². The van der Waals surface area contributed by atoms with Crippen LogP contribution >= 0.6 is 11.3 Å². The molecule has 0 fully saturated rings. The SMILES string of the molecule is CCCN(CCC)C(=O)c1cc(C(N)=O)cc(C(=O)O[C@H](CNCCC(C)C)[C@@H](N)Cc2cccs2)c1. The Balaban J connectivity index is 2.28. The van der Waals surface area contributed by atoms with Gasteiger partial charge in [0.05, 0.1) is 5.56 Å². The third kappa shape index (κ3) is 9.91. The third-order valence-electron chi connectivity index (χ3n) is 5.97. The Morgan fingerprint density at radius 2 is 1.70 bits per heavy atom. The molecule has 0 unspecified atom stereocenters. The largest absolute Gasteiger partial charge is 0.456 e. The highest BCUT2D eigenvalue weighted by atomic mass is 32.1. The number of carbonyl (C=O) groups is 3. The molecule has 0 aliphatic carbocycles. The summed E-state index contributed by atoms with van der Waals surface area (Å²) in [5.74, 6) is -1.07. The number of hydrogen-bond donors (Lipinski definition) is 3. The lowest BCUT2D eigenvalue weighted by Crippen LogP contribution is -2.46. The summed E-state index contributed by atoms with van der Waals surface area (Å²) in [6.07, 6.45) is 2.54. The number of nitrogens with zero attached hydrogens (tertiary/aromatic N) is 1. The number of rotatable bonds is 16. The number of esters is 1. The minimum absolute atomic E-state index is 0.0836. The van der Waals surface area contributed by atoms with E-state index in [2.05, 4.69) is 19.2 Å². The van der Waals surface area contributed by atoms with Crippen LogP contribution in [0.25, 0.3) is 0 Å². The van der Waals surface area contributed by atoms with Gasteiger partial charge in [0, 0.05) is 48.1 Å². The molecule has 2 rings (SSSR count). The molecular weight excluding hydrogens is 488 g/mol. The average molecular weight is 531 g/mol. The van der Waals surface area contributed by atoms with Crippen molar-refractivity contribution in [2.45, 2.75) is 65.5 Å². The van der Waals surface area contributed by atoms with Crippen LogP contribution in [0.15, 0.2) is 35.7 Å². The molecule has 0 bridgehead atoms. The van der Waals surface area contributed by atoms with Gasteiger partial charge in [0.15, 0.2) is 0 Å². The molecule has 1 aromatic carbocycles. The minimum Gasteiger partial charge on any atom is -0.456 e. The first kappa shape index (κ1) is 30.5. The van der Waals surface area contributed by atoms with Gasteiger partial charge < -0.3 is 26.4 Å². The van der Waals surface area contributed by atoms with E-state index in [0.717, 1.165) is 30.7 Å². The van der Waals surface area contributed by atoms with Crippen LogP contribution in [0.3, 0.4) is 0 Å². The summed E-state index contributed by atoms with van der Waals surface area (Å²) in [5.41, 5.74) is 12.4. The molecule has 1 heterocycles. The van der Waals surface area contributed by atoms with Crippen molar-refractivity contribution in [1.82, 2.24) is 10.2 Å². The van der Waals surface area contributed by atoms with Crippen molar-refractivity contribution in [2.75, 3.05) is 26.2 Å². The van der Waals surface area contributed by atoms with Crippen molar-refractivity contribution in [3.63, 3.8) is 0 Å². The zero-order valence-electron chi connectivity index (χ0n) is 22.5. The lowest BCUT2D eigenvalue weighted by Gasteiger charge is -2.25. The van der Waals surface area contributed by atoms with Crippen LogP contribution < -0.4 is 16.8 Å². The van der Waals surface area contributed by atoms with E-state index in [1.807, 2.05) is 31.4 Å². The molecule has 2 amide bonds. The maximum absolute atomic E-state index is 13.3. The van der Waals surface area contributed by atoms with Crippen LogP contribution in [0.1, 0.15) is 82.9 Å². The van der Waals surface area contributed by atoms with Crippen molar-refractivity contribution in [1.29, 1.82) is 0 Å². The van der Waals surface area contributed by atoms with Crippen LogP contribution in [-0.4, -0.2) is 61.0 Å². The van der Waals surface area contributed by atoms with Gasteiger partial charge in [0.1, 0.15) is 6.10 Å². The van der Waals surface area contributed by atoms with E-state index < -0.39 is 24.0 Å². The smallest absolute Gasteiger partial charge is 0.338 e. The number of benzene rings is 1. The van der Waals surface area contributed by atoms with E-state index in [9.17, 15) is 14.4 Å². The highest BCUT2D eigenvalue weighted by Crippen LogP contribution is 2.18. The fourth-order valence-corrected chi connectivity index (χ4v) is 4.74. The Kier molecular flexibility index (Phi) is 12.8. The molecule has 2 aromatic rings. The van der Waals surface area contributed by atoms with Gasteiger partial charge >= 0.3 is 5.97 Å². The molecule has 0 aliphatic heterocycles. The van der Waals surface area contributed by atoms with E-state index in [0.29, 0.717) is 32.0 Å². The highest BCUT2D eigenvalue weighted by molar-refractivity contribution is 7.09. The fraction of sp³-hybridized carbons (Fsp3) is 0.536. The van der Waals surface area contributed by atoms with Crippen molar-refractivity contribution in [3.8, 4) is 0 Å². The van der Waals surface area contributed by atoms with Gasteiger partial charge in [-0.05, 0) is 61.4 Å². The van der Waals surface area contributed by atoms with Crippen molar-refractivity contribution < 1.29 is 19.1 Å². The van der Waals surface area contributed by atoms with E-state index in [-0.39, 0.29) is 22.6 Å². The first-order chi connectivity index (χ1) is 17.7. The summed E-state index contributed by atoms with van der Waals surface area (Å²) >= 11 is 1.60. The fourth-order valence-electron chi connectivity index (χ4n) is 3.96. The van der Waals surface area contributed by atoms with Gasteiger partial charge in [0.25, 0.3) is 5.91 Å². The minimum atomic E-state index is -0.720. The van der Waals surface area contributed by atoms with Gasteiger partial charge in [0.2, 0.25) is 5.91 Å². The first-order valence-electron chi connectivity index (χ1n) is 13.1. The first-order valence-corrected chi connectivity index (χ1v) is 14.0. The maximum Gasteiger partial charge on any atom is 0.338 e. The molecule has 8 nitrogen and oxygen atoms in total. The summed E-state index contributed by atoms with van der Waals surface area (Å²) in [6, 6.07) is 7.82. The Morgan fingerprint density at radius 3 is 2.27 bits per heavy atom. The standard InChI is InChI=1S/C28H42N4O4S/c1-5-11-32(12-6-2)27(34)21-14-20(26(30)33)15-22(16-21)28(35)36-25(18-31-10-9-19(3)4)24(29)17-23-8-7-13-37-23/h7-8,13-16,19,24-25,31H,5-6,9-12,17-18,29H2,1-4H3,(H2,30,33)/t24-,25+/m0/s1. The molecule has 1 aromatic heterocycles. The van der Waals surface area contributed by atoms with Crippen LogP contribution in [0.2, 0.25) is 0 Å². The van der Waals surface area contributed by atoms with Crippen molar-refractivity contribution in [3.05, 3.63) is 57.3 Å². The van der Waals surface area contributed by atoms with Crippen LogP contribution in [0.5, 0.6) is 0 Å². The van der Waals surface area contributed by atoms with Crippen molar-refractivity contribution >= 4 is 29.1 Å². The highest BCUT2D eigenvalue weighted by Gasteiger charge is 2.25. The van der Waals surface area contributed by atoms with Crippen LogP contribution in [-0.2, 0) is 11.2 Å². The molecule has 2 atom stereocenters. The number of primary amides is 1. The molecular formula is C28H42N4O4S. The molecule has 204 valence electrons. The van der Waals surface area contributed by atoms with Gasteiger partial charge in [-0.2, -0.15) is 0 Å². The second-order valence-corrected chi connectivity index (χ2v) is 10.8. The summed E-state index contributed by atoms with van der Waals surface area (Å²) in [4.78, 5) is 41.3. The van der Waals surface area contributed by atoms with Crippen LogP contribution in [0, 0.1) is 5.92 Å². The summed E-state index contributed by atoms with van der Waals surface area (Å²) in [5, 5.41) is 5.33.